The molecule has 5 N–H and O–H groups in total. The van der Waals surface area contributed by atoms with E-state index in [4.69, 9.17) is 88.2 Å². The van der Waals surface area contributed by atoms with Crippen molar-refractivity contribution >= 4 is 123 Å². The molecule has 0 spiro atoms. The number of imidazole rings is 1. The second-order valence-electron chi connectivity index (χ2n) is 18.7. The van der Waals surface area contributed by atoms with E-state index < -0.39 is 36.1 Å². The molecule has 30 heteroatoms. The minimum Gasteiger partial charge on any atom is -1.00 e. The number of aryl methyl sites for hydroxylation is 1. The molecule has 80 heavy (non-hydrogen) atoms. The Morgan fingerprint density at radius 3 is 1.60 bits per heavy atom. The summed E-state index contributed by atoms with van der Waals surface area (Å²) in [5, 5.41) is 29.6. The van der Waals surface area contributed by atoms with Crippen LogP contribution < -0.4 is 54.8 Å². The van der Waals surface area contributed by atoms with Crippen LogP contribution in [0.25, 0.3) is 22.6 Å². The third kappa shape index (κ3) is 18.5. The number of pyridine rings is 1. The summed E-state index contributed by atoms with van der Waals surface area (Å²) in [5.41, 5.74) is 3.05. The number of sulfonamides is 2. The van der Waals surface area contributed by atoms with Gasteiger partial charge in [-0.2, -0.15) is 8.61 Å². The van der Waals surface area contributed by atoms with E-state index >= 15 is 0 Å². The molecule has 0 amide bonds. The number of benzene rings is 4. The summed E-state index contributed by atoms with van der Waals surface area (Å²) >= 11 is 30.5. The van der Waals surface area contributed by atoms with Gasteiger partial charge in [0.15, 0.2) is 5.65 Å². The van der Waals surface area contributed by atoms with Crippen LogP contribution in [-0.4, -0.2) is 138 Å². The summed E-state index contributed by atoms with van der Waals surface area (Å²) in [6.45, 7) is 8.87. The minimum absolute atomic E-state index is 0. The van der Waals surface area contributed by atoms with E-state index in [1.54, 1.807) is 57.1 Å². The van der Waals surface area contributed by atoms with Gasteiger partial charge in [0.2, 0.25) is 20.0 Å². The fourth-order valence-corrected chi connectivity index (χ4v) is 14.2. The number of hydrogen-bond acceptors (Lipinski definition) is 15. The zero-order valence-corrected chi connectivity index (χ0v) is 53.9. The van der Waals surface area contributed by atoms with Crippen LogP contribution in [-0.2, 0) is 29.1 Å². The molecule has 0 bridgehead atoms. The normalized spacial score (nSPS) is 16.0. The van der Waals surface area contributed by atoms with Gasteiger partial charge < -0.3 is 41.3 Å². The van der Waals surface area contributed by atoms with Gasteiger partial charge in [0.1, 0.15) is 22.8 Å². The topological polar surface area (TPSA) is 235 Å². The first-order valence-corrected chi connectivity index (χ1v) is 32.2. The van der Waals surface area contributed by atoms with E-state index in [0.29, 0.717) is 90.3 Å². The molecule has 18 nitrogen and oxygen atoms in total. The number of nitrogens with one attached hydrogen (secondary N) is 3. The standard InChI is InChI=1S/C24H21Cl3N4O3S.C13H20BClN2O4S.C7H6Cl2O2S.C6H15BN2O.Na.H/c1-34-22-7-5-17(14-20(22)27)35(32,33)30-11-8-16(9-12-30)31-23(18-6-4-15(25)13-19(18)26)29-21-3-2-10-28-24(21)31;1-14(18)16-10-5-7-17(8-6-10)22(19,20)11-3-4-13(21-2)12(15)9-11;1-5-2-3-6(4-7(5)8)12(9,10)11;1-7(10)9-6-2-4-8-5-3-6;;/h2-7,10,13-14,16H,8-9,11-12H2,1H3;3-4,9-10,16,18H,5-8H2,1-2H3;2-4H,1H3;6,8-10H,2-5H2,1H3;;/q;;;;+1;-1. The Labute approximate surface area is 523 Å². The quantitative estimate of drug-likeness (QED) is 0.0620. The van der Waals surface area contributed by atoms with Crippen molar-refractivity contribution < 1.29 is 75.8 Å². The average Bonchev–Trinajstić information content (AvgIpc) is 3.84. The molecule has 9 rings (SSSR count). The molecule has 3 aliphatic rings. The van der Waals surface area contributed by atoms with Crippen molar-refractivity contribution in [3.63, 3.8) is 0 Å². The number of ether oxygens (including phenoxy) is 2. The van der Waals surface area contributed by atoms with Gasteiger partial charge in [0.25, 0.3) is 9.05 Å². The van der Waals surface area contributed by atoms with Gasteiger partial charge in [0, 0.05) is 76.8 Å². The third-order valence-corrected chi connectivity index (χ3v) is 19.8. The molecule has 430 valence electrons. The summed E-state index contributed by atoms with van der Waals surface area (Å²) in [4.78, 5) is 9.71. The molecule has 0 atom stereocenters. The zero-order valence-electron chi connectivity index (χ0n) is 45.9. The van der Waals surface area contributed by atoms with Crippen LogP contribution in [0, 0.1) is 6.92 Å². The second-order valence-corrected chi connectivity index (χ2v) is 27.2. The van der Waals surface area contributed by atoms with Gasteiger partial charge in [-0.1, -0.05) is 64.1 Å². The fraction of sp³-hybridized carbons (Fsp3) is 0.400. The average molecular weight is 1290 g/mol. The Balaban J connectivity index is 0.000000261. The number of fused-ring (bicyclic) bond motifs is 1. The van der Waals surface area contributed by atoms with Crippen LogP contribution >= 0.6 is 68.7 Å². The molecule has 3 saturated heterocycles. The van der Waals surface area contributed by atoms with E-state index in [2.05, 4.69) is 25.3 Å². The summed E-state index contributed by atoms with van der Waals surface area (Å²) in [7, 11) is -3.80. The van der Waals surface area contributed by atoms with Crippen LogP contribution in [0.2, 0.25) is 38.8 Å². The van der Waals surface area contributed by atoms with Crippen molar-refractivity contribution in [1.82, 2.24) is 38.9 Å². The predicted molar refractivity (Wildman–Crippen MR) is 318 cm³/mol. The minimum atomic E-state index is -3.70. The summed E-state index contributed by atoms with van der Waals surface area (Å²) in [6, 6.07) is 23.0. The number of hydrogen-bond donors (Lipinski definition) is 5. The fourth-order valence-electron chi connectivity index (χ4n) is 9.05. The van der Waals surface area contributed by atoms with Crippen molar-refractivity contribution in [2.45, 2.75) is 91.9 Å². The van der Waals surface area contributed by atoms with E-state index in [1.165, 1.54) is 59.2 Å². The van der Waals surface area contributed by atoms with Gasteiger partial charge in [-0.05, 0) is 157 Å². The van der Waals surface area contributed by atoms with E-state index in [9.17, 15) is 30.3 Å². The zero-order chi connectivity index (χ0) is 57.8. The molecular formula is C50H63B2Cl6N8NaO10S3. The Kier molecular flexibility index (Phi) is 26.5. The first-order chi connectivity index (χ1) is 37.3. The Morgan fingerprint density at radius 1 is 0.650 bits per heavy atom. The van der Waals surface area contributed by atoms with Gasteiger partial charge >= 0.3 is 43.7 Å². The maximum Gasteiger partial charge on any atom is 1.00 e. The second kappa shape index (κ2) is 31.1. The molecule has 3 fully saturated rings. The van der Waals surface area contributed by atoms with Crippen molar-refractivity contribution in [1.29, 1.82) is 0 Å². The van der Waals surface area contributed by atoms with Crippen LogP contribution in [0.1, 0.15) is 51.6 Å². The number of halogens is 6. The van der Waals surface area contributed by atoms with Gasteiger partial charge in [-0.3, -0.25) is 0 Å². The molecule has 0 saturated carbocycles. The number of methoxy groups -OCH3 is 2. The van der Waals surface area contributed by atoms with Gasteiger partial charge in [-0.25, -0.2) is 35.2 Å². The summed E-state index contributed by atoms with van der Waals surface area (Å²) in [6.07, 6.45) is 6.48. The SMILES string of the molecule is CB(O)NC1CCNCC1.COc1ccc(S(=O)(=O)N2CCC(NB(C)O)CC2)cc1Cl.COc1ccc(S(=O)(=O)N2CCC(n3c(-c4ccc(Cl)cc4Cl)nc4cccnc43)CC2)cc1Cl.Cc1ccc(S(=O)(=O)Cl)cc1Cl.[H-].[Na+]. The van der Waals surface area contributed by atoms with Gasteiger partial charge in [0.05, 0.1) is 44.0 Å². The Hall–Kier alpha value is -2.46. The van der Waals surface area contributed by atoms with Crippen LogP contribution in [0.5, 0.6) is 11.5 Å². The van der Waals surface area contributed by atoms with Gasteiger partial charge in [-0.15, -0.1) is 0 Å². The van der Waals surface area contributed by atoms with Crippen LogP contribution in [0.4, 0.5) is 0 Å². The molecule has 0 aliphatic carbocycles. The Bertz CT molecular complexity index is 3390. The molecule has 3 aliphatic heterocycles. The smallest absolute Gasteiger partial charge is 1.00 e. The van der Waals surface area contributed by atoms with E-state index in [0.717, 1.165) is 48.2 Å². The first kappa shape index (κ1) is 68.3. The van der Waals surface area contributed by atoms with Crippen molar-refractivity contribution in [3.8, 4) is 22.9 Å². The predicted octanol–water partition coefficient (Wildman–Crippen LogP) is 6.43. The maximum atomic E-state index is 13.3. The molecule has 4 aromatic carbocycles. The molecule has 0 radical (unpaired) electrons. The number of piperidine rings is 3. The van der Waals surface area contributed by atoms with E-state index in [-0.39, 0.29) is 74.8 Å². The van der Waals surface area contributed by atoms with E-state index in [1.807, 2.05) is 18.2 Å². The number of rotatable bonds is 13. The third-order valence-electron chi connectivity index (χ3n) is 13.1. The van der Waals surface area contributed by atoms with Crippen molar-refractivity contribution in [2.24, 2.45) is 0 Å². The van der Waals surface area contributed by atoms with Crippen LogP contribution in [0.15, 0.2) is 106 Å². The summed E-state index contributed by atoms with van der Waals surface area (Å²) in [5.74, 6) is 1.56. The largest absolute Gasteiger partial charge is 1.00 e. The van der Waals surface area contributed by atoms with Crippen molar-refractivity contribution in [2.75, 3.05) is 53.5 Å². The summed E-state index contributed by atoms with van der Waals surface area (Å²) < 4.78 is 88.6. The first-order valence-electron chi connectivity index (χ1n) is 25.1. The molecule has 6 aromatic rings. The molecular weight excluding hydrogens is 1230 g/mol. The number of nitrogens with zero attached hydrogens (tertiary/aromatic N) is 5. The van der Waals surface area contributed by atoms with Crippen molar-refractivity contribution in [3.05, 3.63) is 122 Å². The van der Waals surface area contributed by atoms with Crippen LogP contribution in [0.3, 0.4) is 0 Å². The Morgan fingerprint density at radius 2 is 1.14 bits per heavy atom. The monoisotopic (exact) mass is 1290 g/mol. The molecule has 5 heterocycles. The maximum absolute atomic E-state index is 13.3. The molecule has 2 aromatic heterocycles. The molecule has 0 unspecified atom stereocenters. The number of aromatic nitrogens is 3.